The van der Waals surface area contributed by atoms with Crippen molar-refractivity contribution < 1.29 is 17.0 Å². The topological polar surface area (TPSA) is 43.4 Å². The molecule has 2 rings (SSSR count). The lowest BCUT2D eigenvalue weighted by molar-refractivity contribution is 0.485. The summed E-state index contributed by atoms with van der Waals surface area (Å²) in [6.07, 6.45) is 0. The van der Waals surface area contributed by atoms with E-state index >= 15 is 0 Å². The van der Waals surface area contributed by atoms with E-state index in [1.54, 1.807) is 18.2 Å². The first-order chi connectivity index (χ1) is 8.08. The monoisotopic (exact) mass is 252 g/mol. The van der Waals surface area contributed by atoms with Crippen LogP contribution in [0.5, 0.6) is 5.75 Å². The second-order valence-electron chi connectivity index (χ2n) is 3.31. The van der Waals surface area contributed by atoms with Gasteiger partial charge in [-0.15, -0.1) is 0 Å². The summed E-state index contributed by atoms with van der Waals surface area (Å²) in [5.74, 6) is -0.431. The molecule has 0 bridgehead atoms. The lowest BCUT2D eigenvalue weighted by atomic mass is 10.3. The zero-order valence-electron chi connectivity index (χ0n) is 8.71. The van der Waals surface area contributed by atoms with E-state index in [9.17, 15) is 12.8 Å². The predicted octanol–water partition coefficient (Wildman–Crippen LogP) is 2.59. The first kappa shape index (κ1) is 11.6. The average molecular weight is 252 g/mol. The molecule has 2 aromatic carbocycles. The maximum absolute atomic E-state index is 12.9. The van der Waals surface area contributed by atoms with Crippen LogP contribution >= 0.6 is 0 Å². The van der Waals surface area contributed by atoms with Crippen LogP contribution in [0.1, 0.15) is 0 Å². The molecule has 0 saturated carbocycles. The third-order valence-electron chi connectivity index (χ3n) is 2.03. The normalized spacial score (nSPS) is 11.1. The standard InChI is InChI=1S/C12H9FO3S/c13-10-5-4-8-12(9-10)17(14,15)16-11-6-2-1-3-7-11/h1-9H. The molecule has 3 nitrogen and oxygen atoms in total. The van der Waals surface area contributed by atoms with Gasteiger partial charge in [-0.2, -0.15) is 8.42 Å². The molecular formula is C12H9FO3S. The van der Waals surface area contributed by atoms with Gasteiger partial charge >= 0.3 is 10.1 Å². The van der Waals surface area contributed by atoms with Crippen LogP contribution in [0.15, 0.2) is 59.5 Å². The van der Waals surface area contributed by atoms with E-state index in [-0.39, 0.29) is 10.6 Å². The Kier molecular flexibility index (Phi) is 3.10. The van der Waals surface area contributed by atoms with Gasteiger partial charge in [-0.3, -0.25) is 0 Å². The van der Waals surface area contributed by atoms with Crippen molar-refractivity contribution in [2.45, 2.75) is 4.90 Å². The maximum Gasteiger partial charge on any atom is 0.339 e. The van der Waals surface area contributed by atoms with Gasteiger partial charge in [-0.1, -0.05) is 24.3 Å². The van der Waals surface area contributed by atoms with E-state index in [1.165, 1.54) is 30.3 Å². The zero-order chi connectivity index (χ0) is 12.3. The second-order valence-corrected chi connectivity index (χ2v) is 4.85. The van der Waals surface area contributed by atoms with Gasteiger partial charge in [0.1, 0.15) is 16.5 Å². The Balaban J connectivity index is 2.32. The first-order valence-corrected chi connectivity index (χ1v) is 6.24. The molecule has 0 aromatic heterocycles. The minimum absolute atomic E-state index is 0.191. The van der Waals surface area contributed by atoms with Gasteiger partial charge in [0.15, 0.2) is 0 Å². The van der Waals surface area contributed by atoms with Gasteiger partial charge < -0.3 is 4.18 Å². The molecule has 88 valence electrons. The van der Waals surface area contributed by atoms with Gasteiger partial charge in [0, 0.05) is 0 Å². The van der Waals surface area contributed by atoms with Crippen molar-refractivity contribution >= 4 is 10.1 Å². The Hall–Kier alpha value is -1.88. The highest BCUT2D eigenvalue weighted by molar-refractivity contribution is 7.87. The predicted molar refractivity (Wildman–Crippen MR) is 60.7 cm³/mol. The highest BCUT2D eigenvalue weighted by atomic mass is 32.2. The Morgan fingerprint density at radius 1 is 0.941 bits per heavy atom. The molecule has 0 aliphatic carbocycles. The van der Waals surface area contributed by atoms with Gasteiger partial charge in [-0.25, -0.2) is 4.39 Å². The minimum atomic E-state index is -3.98. The molecule has 5 heteroatoms. The number of hydrogen-bond donors (Lipinski definition) is 0. The summed E-state index contributed by atoms with van der Waals surface area (Å²) in [5.41, 5.74) is 0. The highest BCUT2D eigenvalue weighted by Gasteiger charge is 2.16. The summed E-state index contributed by atoms with van der Waals surface area (Å²) in [4.78, 5) is -0.207. The number of hydrogen-bond acceptors (Lipinski definition) is 3. The van der Waals surface area contributed by atoms with Gasteiger partial charge in [-0.05, 0) is 30.3 Å². The van der Waals surface area contributed by atoms with E-state index in [2.05, 4.69) is 0 Å². The molecule has 0 radical (unpaired) electrons. The molecule has 0 aliphatic heterocycles. The molecule has 17 heavy (non-hydrogen) atoms. The average Bonchev–Trinajstić information content (AvgIpc) is 2.30. The molecule has 2 aromatic rings. The molecule has 0 unspecified atom stereocenters. The molecule has 0 spiro atoms. The lowest BCUT2D eigenvalue weighted by Crippen LogP contribution is -2.09. The van der Waals surface area contributed by atoms with Crippen LogP contribution < -0.4 is 4.18 Å². The summed E-state index contributed by atoms with van der Waals surface area (Å²) in [6, 6.07) is 12.7. The maximum atomic E-state index is 12.9. The fourth-order valence-corrected chi connectivity index (χ4v) is 2.24. The van der Waals surface area contributed by atoms with E-state index in [0.717, 1.165) is 6.07 Å². The summed E-state index contributed by atoms with van der Waals surface area (Å²) >= 11 is 0. The van der Waals surface area contributed by atoms with Crippen LogP contribution in [0.3, 0.4) is 0 Å². The number of benzene rings is 2. The SMILES string of the molecule is O=S(=O)(Oc1ccccc1)c1cccc(F)c1. The second kappa shape index (κ2) is 4.55. The summed E-state index contributed by atoms with van der Waals surface area (Å²) in [5, 5.41) is 0. The number of rotatable bonds is 3. The van der Waals surface area contributed by atoms with Crippen molar-refractivity contribution in [1.29, 1.82) is 0 Å². The number of para-hydroxylation sites is 1. The molecule has 0 saturated heterocycles. The summed E-state index contributed by atoms with van der Waals surface area (Å²) in [7, 11) is -3.98. The first-order valence-electron chi connectivity index (χ1n) is 4.83. The van der Waals surface area contributed by atoms with Crippen LogP contribution in [0, 0.1) is 5.82 Å². The van der Waals surface area contributed by atoms with Gasteiger partial charge in [0.2, 0.25) is 0 Å². The van der Waals surface area contributed by atoms with E-state index < -0.39 is 15.9 Å². The molecule has 0 aliphatic rings. The molecule has 0 atom stereocenters. The van der Waals surface area contributed by atoms with Crippen molar-refractivity contribution in [3.05, 3.63) is 60.4 Å². The van der Waals surface area contributed by atoms with Crippen molar-refractivity contribution in [3.8, 4) is 5.75 Å². The van der Waals surface area contributed by atoms with Crippen molar-refractivity contribution in [2.24, 2.45) is 0 Å². The molecule has 0 N–H and O–H groups in total. The molecule has 0 heterocycles. The Labute approximate surface area is 98.6 Å². The third kappa shape index (κ3) is 2.82. The number of halogens is 1. The lowest BCUT2D eigenvalue weighted by Gasteiger charge is -2.06. The van der Waals surface area contributed by atoms with Crippen LogP contribution in [0.25, 0.3) is 0 Å². The Morgan fingerprint density at radius 3 is 2.29 bits per heavy atom. The molecular weight excluding hydrogens is 243 g/mol. The van der Waals surface area contributed by atoms with Crippen LogP contribution in [-0.2, 0) is 10.1 Å². The van der Waals surface area contributed by atoms with Gasteiger partial charge in [0.05, 0.1) is 0 Å². The fraction of sp³-hybridized carbons (Fsp3) is 0. The fourth-order valence-electron chi connectivity index (χ4n) is 1.27. The Morgan fingerprint density at radius 2 is 1.65 bits per heavy atom. The summed E-state index contributed by atoms with van der Waals surface area (Å²) < 4.78 is 41.3. The molecule has 0 fully saturated rings. The van der Waals surface area contributed by atoms with Crippen LogP contribution in [-0.4, -0.2) is 8.42 Å². The third-order valence-corrected chi connectivity index (χ3v) is 3.28. The summed E-state index contributed by atoms with van der Waals surface area (Å²) in [6.45, 7) is 0. The van der Waals surface area contributed by atoms with Gasteiger partial charge in [0.25, 0.3) is 0 Å². The van der Waals surface area contributed by atoms with Crippen molar-refractivity contribution in [3.63, 3.8) is 0 Å². The van der Waals surface area contributed by atoms with Crippen LogP contribution in [0.2, 0.25) is 0 Å². The quantitative estimate of drug-likeness (QED) is 0.788. The molecule has 0 amide bonds. The highest BCUT2D eigenvalue weighted by Crippen LogP contribution is 2.18. The Bertz CT molecular complexity index is 609. The largest absolute Gasteiger partial charge is 0.379 e. The van der Waals surface area contributed by atoms with Crippen molar-refractivity contribution in [2.75, 3.05) is 0 Å². The van der Waals surface area contributed by atoms with E-state index in [0.29, 0.717) is 0 Å². The van der Waals surface area contributed by atoms with Crippen LogP contribution in [0.4, 0.5) is 4.39 Å². The minimum Gasteiger partial charge on any atom is -0.379 e. The van der Waals surface area contributed by atoms with E-state index in [1.807, 2.05) is 0 Å². The zero-order valence-corrected chi connectivity index (χ0v) is 9.52. The smallest absolute Gasteiger partial charge is 0.339 e. The van der Waals surface area contributed by atoms with E-state index in [4.69, 9.17) is 4.18 Å². The van der Waals surface area contributed by atoms with Crippen molar-refractivity contribution in [1.82, 2.24) is 0 Å².